The molecule has 2 aliphatic carbocycles. The molecular weight excluding hydrogens is 595 g/mol. The van der Waals surface area contributed by atoms with Gasteiger partial charge in [0, 0.05) is 34.2 Å². The van der Waals surface area contributed by atoms with Crippen molar-refractivity contribution in [2.24, 2.45) is 16.8 Å². The van der Waals surface area contributed by atoms with Crippen molar-refractivity contribution in [1.82, 2.24) is 0 Å². The van der Waals surface area contributed by atoms with Crippen LogP contribution < -0.4 is 4.74 Å². The van der Waals surface area contributed by atoms with Gasteiger partial charge in [-0.15, -0.1) is 0 Å². The van der Waals surface area contributed by atoms with Crippen molar-refractivity contribution >= 4 is 11.4 Å². The summed E-state index contributed by atoms with van der Waals surface area (Å²) >= 11 is 0. The van der Waals surface area contributed by atoms with E-state index in [2.05, 4.69) is 178 Å². The first kappa shape index (κ1) is 30.8. The molecule has 3 aliphatic rings. The Morgan fingerprint density at radius 2 is 1.39 bits per heavy atom. The van der Waals surface area contributed by atoms with Gasteiger partial charge in [-0.05, 0) is 72.2 Å². The molecule has 5 aromatic carbocycles. The van der Waals surface area contributed by atoms with E-state index in [0.717, 1.165) is 33.9 Å². The molecule has 1 heterocycles. The lowest BCUT2D eigenvalue weighted by molar-refractivity contribution is 0.434. The van der Waals surface area contributed by atoms with E-state index in [9.17, 15) is 0 Å². The Labute approximate surface area is 290 Å². The van der Waals surface area contributed by atoms with Crippen LogP contribution in [-0.4, -0.2) is 5.71 Å². The van der Waals surface area contributed by atoms with Crippen molar-refractivity contribution in [3.63, 3.8) is 0 Å². The first-order valence-corrected chi connectivity index (χ1v) is 17.6. The fourth-order valence-electron chi connectivity index (χ4n) is 7.88. The Kier molecular flexibility index (Phi) is 8.31. The normalized spacial score (nSPS) is 20.2. The number of hydrogen-bond acceptors (Lipinski definition) is 2. The molecule has 0 fully saturated rings. The quantitative estimate of drug-likeness (QED) is 0.132. The van der Waals surface area contributed by atoms with Gasteiger partial charge in [0.1, 0.15) is 11.5 Å². The summed E-state index contributed by atoms with van der Waals surface area (Å²) in [6, 6.07) is 45.9. The van der Waals surface area contributed by atoms with Crippen LogP contribution in [0.25, 0.3) is 16.8 Å². The number of rotatable bonds is 6. The molecule has 0 aromatic heterocycles. The SMILES string of the molecule is CC(=N/C(=C1/C=CC=CC1C)c1ccc(-c2cccc(C3(c4ccccc4)c4ccccc4Oc4ccccc43)c2)cc1)C1C=CCCC1. The van der Waals surface area contributed by atoms with Gasteiger partial charge >= 0.3 is 0 Å². The van der Waals surface area contributed by atoms with Crippen LogP contribution in [0.2, 0.25) is 0 Å². The Hall–Kier alpha value is -5.47. The molecule has 49 heavy (non-hydrogen) atoms. The predicted molar refractivity (Wildman–Crippen MR) is 204 cm³/mol. The molecule has 2 unspecified atom stereocenters. The van der Waals surface area contributed by atoms with E-state index in [1.807, 2.05) is 0 Å². The monoisotopic (exact) mass is 635 g/mol. The topological polar surface area (TPSA) is 21.6 Å². The lowest BCUT2D eigenvalue weighted by Crippen LogP contribution is -2.34. The summed E-state index contributed by atoms with van der Waals surface area (Å²) in [5.74, 6) is 2.48. The molecule has 2 nitrogen and oxygen atoms in total. The van der Waals surface area contributed by atoms with Crippen molar-refractivity contribution < 1.29 is 4.74 Å². The number of fused-ring (bicyclic) bond motifs is 2. The lowest BCUT2D eigenvalue weighted by Gasteiger charge is -2.41. The van der Waals surface area contributed by atoms with Crippen molar-refractivity contribution in [3.05, 3.63) is 197 Å². The second-order valence-corrected chi connectivity index (χ2v) is 13.4. The first-order valence-electron chi connectivity index (χ1n) is 17.6. The van der Waals surface area contributed by atoms with Crippen LogP contribution in [0.5, 0.6) is 11.5 Å². The van der Waals surface area contributed by atoms with E-state index in [1.165, 1.54) is 52.8 Å². The average Bonchev–Trinajstić information content (AvgIpc) is 3.17. The van der Waals surface area contributed by atoms with Crippen LogP contribution >= 0.6 is 0 Å². The van der Waals surface area contributed by atoms with Crippen LogP contribution in [0.3, 0.4) is 0 Å². The Bertz CT molecular complexity index is 2100. The minimum Gasteiger partial charge on any atom is -0.457 e. The zero-order valence-corrected chi connectivity index (χ0v) is 28.2. The predicted octanol–water partition coefficient (Wildman–Crippen LogP) is 12.1. The largest absolute Gasteiger partial charge is 0.457 e. The second kappa shape index (κ2) is 13.2. The van der Waals surface area contributed by atoms with Crippen LogP contribution in [0.1, 0.15) is 60.9 Å². The van der Waals surface area contributed by atoms with Crippen molar-refractivity contribution in [1.29, 1.82) is 0 Å². The highest BCUT2D eigenvalue weighted by molar-refractivity contribution is 5.92. The molecule has 0 amide bonds. The van der Waals surface area contributed by atoms with Gasteiger partial charge in [-0.25, -0.2) is 0 Å². The first-order chi connectivity index (χ1) is 24.1. The van der Waals surface area contributed by atoms with E-state index >= 15 is 0 Å². The standard InChI is InChI=1S/C47H41NO/c1-33-16-9-10-23-41(33)46(48-34(2)35-17-5-3-6-18-35)37-30-28-36(29-31-37)38-19-15-22-40(32-38)47(39-20-7-4-8-21-39)42-24-11-13-26-44(42)49-45-27-14-12-25-43(45)47/h4-5,7-17,19-33,35H,3,6,18H2,1-2H3/b46-41-,48-34?. The van der Waals surface area contributed by atoms with E-state index in [0.29, 0.717) is 11.8 Å². The van der Waals surface area contributed by atoms with E-state index in [-0.39, 0.29) is 0 Å². The molecule has 2 atom stereocenters. The maximum Gasteiger partial charge on any atom is 0.132 e. The fourth-order valence-corrected chi connectivity index (χ4v) is 7.88. The summed E-state index contributed by atoms with van der Waals surface area (Å²) in [4.78, 5) is 5.36. The Morgan fingerprint density at radius 3 is 2.08 bits per heavy atom. The summed E-state index contributed by atoms with van der Waals surface area (Å²) < 4.78 is 6.52. The highest BCUT2D eigenvalue weighted by Crippen LogP contribution is 2.55. The smallest absolute Gasteiger partial charge is 0.132 e. The molecule has 1 aliphatic heterocycles. The van der Waals surface area contributed by atoms with Gasteiger partial charge in [0.2, 0.25) is 0 Å². The molecule has 2 heteroatoms. The Balaban J connectivity index is 1.24. The summed E-state index contributed by atoms with van der Waals surface area (Å²) in [5.41, 5.74) is 11.2. The number of aliphatic imine (C=N–C) groups is 1. The number of allylic oxidation sites excluding steroid dienone is 7. The van der Waals surface area contributed by atoms with E-state index in [1.54, 1.807) is 0 Å². The van der Waals surface area contributed by atoms with Crippen LogP contribution in [0.15, 0.2) is 174 Å². The molecular formula is C47H41NO. The van der Waals surface area contributed by atoms with Crippen molar-refractivity contribution in [2.75, 3.05) is 0 Å². The third-order valence-corrected chi connectivity index (χ3v) is 10.4. The summed E-state index contributed by atoms with van der Waals surface area (Å²) in [5, 5.41) is 0. The number of ether oxygens (including phenoxy) is 1. The third-order valence-electron chi connectivity index (χ3n) is 10.4. The molecule has 8 rings (SSSR count). The molecule has 0 saturated heterocycles. The van der Waals surface area contributed by atoms with Crippen molar-refractivity contribution in [2.45, 2.75) is 38.5 Å². The van der Waals surface area contributed by atoms with Gasteiger partial charge in [-0.1, -0.05) is 153 Å². The molecule has 0 bridgehead atoms. The molecule has 5 aromatic rings. The van der Waals surface area contributed by atoms with Gasteiger partial charge < -0.3 is 4.74 Å². The third kappa shape index (κ3) is 5.62. The summed E-state index contributed by atoms with van der Waals surface area (Å²) in [6.07, 6.45) is 17.0. The molecule has 0 N–H and O–H groups in total. The Morgan fingerprint density at radius 1 is 0.694 bits per heavy atom. The zero-order chi connectivity index (χ0) is 33.2. The minimum absolute atomic E-state index is 0.300. The molecule has 0 radical (unpaired) electrons. The maximum atomic E-state index is 6.52. The number of para-hydroxylation sites is 2. The van der Waals surface area contributed by atoms with Crippen LogP contribution in [0, 0.1) is 11.8 Å². The highest BCUT2D eigenvalue weighted by atomic mass is 16.5. The molecule has 0 saturated carbocycles. The summed E-state index contributed by atoms with van der Waals surface area (Å²) in [7, 11) is 0. The van der Waals surface area contributed by atoms with E-state index < -0.39 is 5.41 Å². The van der Waals surface area contributed by atoms with Gasteiger partial charge in [0.15, 0.2) is 0 Å². The summed E-state index contributed by atoms with van der Waals surface area (Å²) in [6.45, 7) is 4.46. The van der Waals surface area contributed by atoms with Gasteiger partial charge in [0.05, 0.1) is 11.1 Å². The van der Waals surface area contributed by atoms with Crippen molar-refractivity contribution in [3.8, 4) is 22.6 Å². The lowest BCUT2D eigenvalue weighted by atomic mass is 9.63. The second-order valence-electron chi connectivity index (χ2n) is 13.4. The number of hydrogen-bond donors (Lipinski definition) is 0. The zero-order valence-electron chi connectivity index (χ0n) is 28.2. The van der Waals surface area contributed by atoms with Gasteiger partial charge in [-0.3, -0.25) is 4.99 Å². The number of nitrogens with zero attached hydrogens (tertiary/aromatic N) is 1. The van der Waals surface area contributed by atoms with Gasteiger partial charge in [0.25, 0.3) is 0 Å². The fraction of sp³-hybridized carbons (Fsp3) is 0.170. The van der Waals surface area contributed by atoms with E-state index in [4.69, 9.17) is 9.73 Å². The maximum absolute atomic E-state index is 6.52. The molecule has 0 spiro atoms. The minimum atomic E-state index is -0.545. The van der Waals surface area contributed by atoms with Crippen LogP contribution in [0.4, 0.5) is 0 Å². The van der Waals surface area contributed by atoms with Gasteiger partial charge in [-0.2, -0.15) is 0 Å². The van der Waals surface area contributed by atoms with Crippen LogP contribution in [-0.2, 0) is 5.41 Å². The number of benzene rings is 5. The highest BCUT2D eigenvalue weighted by Gasteiger charge is 2.45. The average molecular weight is 636 g/mol. The molecule has 240 valence electrons.